The quantitative estimate of drug-likeness (QED) is 0.0308. The summed E-state index contributed by atoms with van der Waals surface area (Å²) >= 11 is 0. The molecule has 1 heterocycles. The highest BCUT2D eigenvalue weighted by atomic mass is 31.2. The molecule has 0 aromatic carbocycles. The van der Waals surface area contributed by atoms with Crippen LogP contribution in [0.1, 0.15) is 194 Å². The highest BCUT2D eigenvalue weighted by Crippen LogP contribution is 2.48. The van der Waals surface area contributed by atoms with Gasteiger partial charge < -0.3 is 75.9 Å². The van der Waals surface area contributed by atoms with Gasteiger partial charge in [-0.15, -0.1) is 0 Å². The van der Waals surface area contributed by atoms with E-state index in [2.05, 4.69) is 19.2 Å². The normalized spacial score (nSPS) is 29.3. The average Bonchev–Trinajstić information content (AvgIpc) is 3.32. The van der Waals surface area contributed by atoms with Gasteiger partial charge >= 0.3 is 7.82 Å². The number of nitrogens with one attached hydrogen (secondary N) is 1. The summed E-state index contributed by atoms with van der Waals surface area (Å²) in [7, 11) is -5.49. The number of rotatable bonds is 40. The van der Waals surface area contributed by atoms with Crippen molar-refractivity contribution in [3.05, 3.63) is 0 Å². The van der Waals surface area contributed by atoms with Crippen molar-refractivity contribution in [3.63, 3.8) is 0 Å². The number of ether oxygens (including phenoxy) is 2. The third kappa shape index (κ3) is 23.7. The van der Waals surface area contributed by atoms with Gasteiger partial charge in [0.1, 0.15) is 73.2 Å². The largest absolute Gasteiger partial charge is 0.472 e. The van der Waals surface area contributed by atoms with E-state index in [0.717, 1.165) is 57.8 Å². The van der Waals surface area contributed by atoms with Crippen LogP contribution >= 0.6 is 7.82 Å². The predicted octanol–water partition coefficient (Wildman–Crippen LogP) is 3.66. The van der Waals surface area contributed by atoms with Crippen molar-refractivity contribution in [2.45, 2.75) is 285 Å². The van der Waals surface area contributed by atoms with E-state index in [1.54, 1.807) is 0 Å². The summed E-state index contributed by atoms with van der Waals surface area (Å²) in [5.41, 5.74) is 0. The molecule has 0 aromatic heterocycles. The number of carbonyl (C=O) groups is 1. The van der Waals surface area contributed by atoms with E-state index in [1.807, 2.05) is 0 Å². The van der Waals surface area contributed by atoms with Gasteiger partial charge in [-0.05, 0) is 12.8 Å². The molecule has 16 atom stereocenters. The van der Waals surface area contributed by atoms with Gasteiger partial charge in [0.05, 0.1) is 25.4 Å². The molecule has 1 aliphatic carbocycles. The molecule has 2 rings (SSSR count). The summed E-state index contributed by atoms with van der Waals surface area (Å²) in [5.74, 6) is -0.922. The second-order valence-corrected chi connectivity index (χ2v) is 20.8. The maximum Gasteiger partial charge on any atom is 0.472 e. The van der Waals surface area contributed by atoms with Crippen LogP contribution in [-0.2, 0) is 27.9 Å². The standard InChI is InChI=1S/C48H94NO18P/c1-3-5-7-9-11-13-15-17-18-20-22-24-26-28-30-35(52)47(61)49-33(37(53)34(51)29-27-25-23-21-19-16-14-12-10-8-6-4-2)32-64-68(62,63)67-46-43(59)41(57)40(56)42(58)45(46)66-48-44(60)39(55)38(54)36(31-50)65-48/h33-46,48,50-60H,3-32H2,1-2H3,(H,49,61)(H,62,63)/t33-,34+,35?,36+,37-,38+,39?,40?,41?,42+,43?,44?,45?,46-,48+/m0/s1. The summed E-state index contributed by atoms with van der Waals surface area (Å²) in [5, 5.41) is 119. The minimum atomic E-state index is -5.49. The first kappa shape index (κ1) is 63.2. The third-order valence-electron chi connectivity index (χ3n) is 13.5. The van der Waals surface area contributed by atoms with E-state index in [9.17, 15) is 70.4 Å². The summed E-state index contributed by atoms with van der Waals surface area (Å²) in [4.78, 5) is 24.2. The molecule has 0 radical (unpaired) electrons. The Hall–Kier alpha value is -0.940. The Bertz CT molecular complexity index is 1320. The van der Waals surface area contributed by atoms with Crippen LogP contribution in [0.15, 0.2) is 0 Å². The number of aliphatic hydroxyl groups excluding tert-OH is 11. The molecule has 1 amide bonds. The molecule has 1 saturated carbocycles. The van der Waals surface area contributed by atoms with Crippen LogP contribution in [0.5, 0.6) is 0 Å². The second-order valence-electron chi connectivity index (χ2n) is 19.3. The molecule has 19 nitrogen and oxygen atoms in total. The molecule has 8 unspecified atom stereocenters. The lowest BCUT2D eigenvalue weighted by atomic mass is 9.84. The fraction of sp³-hybridized carbons (Fsp3) is 0.979. The highest BCUT2D eigenvalue weighted by Gasteiger charge is 2.55. The maximum atomic E-state index is 13.5. The predicted molar refractivity (Wildman–Crippen MR) is 254 cm³/mol. The van der Waals surface area contributed by atoms with Gasteiger partial charge in [-0.3, -0.25) is 13.8 Å². The molecular weight excluding hydrogens is 909 g/mol. The number of phosphoric ester groups is 1. The summed E-state index contributed by atoms with van der Waals surface area (Å²) in [6.07, 6.45) is 1.90. The number of phosphoric acid groups is 1. The Kier molecular flexibility index (Phi) is 33.5. The molecule has 2 fully saturated rings. The number of unbranched alkanes of at least 4 members (excludes halogenated alkanes) is 24. The van der Waals surface area contributed by atoms with E-state index in [0.29, 0.717) is 12.8 Å². The van der Waals surface area contributed by atoms with Crippen LogP contribution < -0.4 is 5.32 Å². The van der Waals surface area contributed by atoms with Gasteiger partial charge in [-0.25, -0.2) is 4.57 Å². The fourth-order valence-electron chi connectivity index (χ4n) is 8.96. The number of aliphatic hydroxyl groups is 11. The number of hydrogen-bond donors (Lipinski definition) is 13. The first-order valence-electron chi connectivity index (χ1n) is 26.2. The first-order valence-corrected chi connectivity index (χ1v) is 27.7. The average molecular weight is 1000 g/mol. The molecule has 2 aliphatic rings. The molecule has 1 saturated heterocycles. The van der Waals surface area contributed by atoms with Gasteiger partial charge in [-0.2, -0.15) is 0 Å². The number of carbonyl (C=O) groups excluding carboxylic acids is 1. The number of hydrogen-bond acceptors (Lipinski definition) is 17. The van der Waals surface area contributed by atoms with Crippen LogP contribution in [0, 0.1) is 0 Å². The molecule has 1 aliphatic heterocycles. The van der Waals surface area contributed by atoms with Gasteiger partial charge in [0.15, 0.2) is 6.29 Å². The van der Waals surface area contributed by atoms with Crippen molar-refractivity contribution < 1.29 is 88.9 Å². The zero-order valence-corrected chi connectivity index (χ0v) is 42.0. The van der Waals surface area contributed by atoms with Crippen molar-refractivity contribution in [2.75, 3.05) is 13.2 Å². The molecule has 13 N–H and O–H groups in total. The van der Waals surface area contributed by atoms with Crippen LogP contribution in [0.4, 0.5) is 0 Å². The lowest BCUT2D eigenvalue weighted by Crippen LogP contribution is -2.67. The van der Waals surface area contributed by atoms with Crippen LogP contribution in [0.3, 0.4) is 0 Å². The van der Waals surface area contributed by atoms with E-state index < -0.39 is 119 Å². The Morgan fingerprint density at radius 3 is 1.40 bits per heavy atom. The van der Waals surface area contributed by atoms with Crippen molar-refractivity contribution >= 4 is 13.7 Å². The minimum Gasteiger partial charge on any atom is -0.394 e. The fourth-order valence-corrected chi connectivity index (χ4v) is 9.92. The zero-order chi connectivity index (χ0) is 50.5. The summed E-state index contributed by atoms with van der Waals surface area (Å²) in [6.45, 7) is 2.56. The number of amides is 1. The zero-order valence-electron chi connectivity index (χ0n) is 41.1. The van der Waals surface area contributed by atoms with E-state index >= 15 is 0 Å². The van der Waals surface area contributed by atoms with Crippen molar-refractivity contribution in [3.8, 4) is 0 Å². The van der Waals surface area contributed by atoms with Crippen LogP contribution in [0.25, 0.3) is 0 Å². The summed E-state index contributed by atoms with van der Waals surface area (Å²) in [6, 6.07) is -1.58. The molecule has 0 aromatic rings. The summed E-state index contributed by atoms with van der Waals surface area (Å²) < 4.78 is 34.7. The van der Waals surface area contributed by atoms with Gasteiger partial charge in [0.25, 0.3) is 0 Å². The SMILES string of the molecule is CCCCCCCCCCCCCCCCC(O)C(=O)N[C@@H](COP(=O)(O)O[C@H]1C(O)C(O)C(O)[C@@H](O)C1O[C@H]1O[C@H](CO)[C@@H](O)C(O)C1O)[C@H](O)[C@H](O)CCCCCCCCCCCCCC. The van der Waals surface area contributed by atoms with Crippen LogP contribution in [0.2, 0.25) is 0 Å². The van der Waals surface area contributed by atoms with Gasteiger partial charge in [-0.1, -0.05) is 181 Å². The molecule has 68 heavy (non-hydrogen) atoms. The van der Waals surface area contributed by atoms with E-state index in [4.69, 9.17) is 18.5 Å². The lowest BCUT2D eigenvalue weighted by molar-refractivity contribution is -0.338. The highest BCUT2D eigenvalue weighted by molar-refractivity contribution is 7.47. The smallest absolute Gasteiger partial charge is 0.394 e. The molecule has 404 valence electrons. The van der Waals surface area contributed by atoms with Crippen molar-refractivity contribution in [1.82, 2.24) is 5.32 Å². The van der Waals surface area contributed by atoms with Crippen LogP contribution in [-0.4, -0.2) is 172 Å². The van der Waals surface area contributed by atoms with Gasteiger partial charge in [0.2, 0.25) is 5.91 Å². The second kappa shape index (κ2) is 36.1. The lowest BCUT2D eigenvalue weighted by Gasteiger charge is -2.47. The van der Waals surface area contributed by atoms with Crippen molar-refractivity contribution in [2.24, 2.45) is 0 Å². The molecule has 0 bridgehead atoms. The van der Waals surface area contributed by atoms with E-state index in [-0.39, 0.29) is 12.8 Å². The van der Waals surface area contributed by atoms with Crippen molar-refractivity contribution in [1.29, 1.82) is 0 Å². The Labute approximate surface area is 405 Å². The topological polar surface area (TPSA) is 326 Å². The molecule has 20 heteroatoms. The van der Waals surface area contributed by atoms with E-state index in [1.165, 1.54) is 96.3 Å². The first-order chi connectivity index (χ1) is 32.5. The Morgan fingerprint density at radius 2 is 0.956 bits per heavy atom. The maximum absolute atomic E-state index is 13.5. The Balaban J connectivity index is 2.03. The molecule has 0 spiro atoms. The van der Waals surface area contributed by atoms with Gasteiger partial charge in [0, 0.05) is 0 Å². The molecular formula is C48H94NO18P. The third-order valence-corrected chi connectivity index (χ3v) is 14.5. The Morgan fingerprint density at radius 1 is 0.559 bits per heavy atom. The monoisotopic (exact) mass is 1000 g/mol. The minimum absolute atomic E-state index is 0.0997.